The third-order valence-electron chi connectivity index (χ3n) is 6.37. The summed E-state index contributed by atoms with van der Waals surface area (Å²) in [5.74, 6) is 3.99. The third-order valence-corrected chi connectivity index (χ3v) is 7.35. The summed E-state index contributed by atoms with van der Waals surface area (Å²) in [6, 6.07) is 9.03. The summed E-state index contributed by atoms with van der Waals surface area (Å²) in [5, 5.41) is 0. The zero-order valence-electron chi connectivity index (χ0n) is 14.1. The Labute approximate surface area is 150 Å². The van der Waals surface area contributed by atoms with E-state index in [2.05, 4.69) is 53.8 Å². The van der Waals surface area contributed by atoms with Gasteiger partial charge >= 0.3 is 0 Å². The van der Waals surface area contributed by atoms with Gasteiger partial charge in [0.25, 0.3) is 0 Å². The Balaban J connectivity index is 1.49. The van der Waals surface area contributed by atoms with Crippen molar-refractivity contribution in [2.75, 3.05) is 0 Å². The Kier molecular flexibility index (Phi) is 6.24. The molecule has 0 nitrogen and oxygen atoms in total. The van der Waals surface area contributed by atoms with Gasteiger partial charge in [-0.2, -0.15) is 0 Å². The van der Waals surface area contributed by atoms with Crippen molar-refractivity contribution in [3.8, 4) is 0 Å². The van der Waals surface area contributed by atoms with E-state index in [1.54, 1.807) is 5.56 Å². The van der Waals surface area contributed by atoms with Crippen LogP contribution >= 0.6 is 22.6 Å². The molecule has 22 heavy (non-hydrogen) atoms. The van der Waals surface area contributed by atoms with Crippen LogP contribution in [0.1, 0.15) is 82.6 Å². The molecule has 0 spiro atoms. The summed E-state index contributed by atoms with van der Waals surface area (Å²) in [6.45, 7) is 2.35. The standard InChI is InChI=1S/C21H31I/c1-2-5-16-8-10-17(11-9-16)18-12-14-19(15-13-18)20-6-3-4-7-21(20)22/h3-4,6-7,16-19H,2,5,8-15H2,1H3. The van der Waals surface area contributed by atoms with Gasteiger partial charge in [0.2, 0.25) is 0 Å². The van der Waals surface area contributed by atoms with E-state index in [1.807, 2.05) is 0 Å². The van der Waals surface area contributed by atoms with Crippen molar-refractivity contribution >= 4 is 22.6 Å². The Morgan fingerprint density at radius 2 is 1.45 bits per heavy atom. The first-order chi connectivity index (χ1) is 10.8. The molecule has 0 unspecified atom stereocenters. The molecule has 0 aromatic heterocycles. The topological polar surface area (TPSA) is 0 Å². The van der Waals surface area contributed by atoms with Crippen molar-refractivity contribution in [1.29, 1.82) is 0 Å². The average molecular weight is 410 g/mol. The fourth-order valence-corrected chi connectivity index (χ4v) is 5.89. The lowest BCUT2D eigenvalue weighted by Crippen LogP contribution is -2.25. The minimum absolute atomic E-state index is 0.834. The minimum Gasteiger partial charge on any atom is -0.0654 e. The zero-order chi connectivity index (χ0) is 15.4. The van der Waals surface area contributed by atoms with Gasteiger partial charge in [0, 0.05) is 3.57 Å². The maximum atomic E-state index is 2.52. The van der Waals surface area contributed by atoms with E-state index < -0.39 is 0 Å². The van der Waals surface area contributed by atoms with Crippen molar-refractivity contribution in [2.45, 2.75) is 77.0 Å². The van der Waals surface area contributed by atoms with Crippen molar-refractivity contribution in [1.82, 2.24) is 0 Å². The Bertz CT molecular complexity index is 451. The Morgan fingerprint density at radius 3 is 2.05 bits per heavy atom. The fourth-order valence-electron chi connectivity index (χ4n) is 5.06. The largest absolute Gasteiger partial charge is 0.0654 e. The van der Waals surface area contributed by atoms with Gasteiger partial charge in [-0.15, -0.1) is 0 Å². The molecule has 1 aromatic carbocycles. The number of rotatable bonds is 4. The van der Waals surface area contributed by atoms with Crippen LogP contribution < -0.4 is 0 Å². The van der Waals surface area contributed by atoms with Gasteiger partial charge in [-0.25, -0.2) is 0 Å². The second kappa shape index (κ2) is 8.17. The quantitative estimate of drug-likeness (QED) is 0.462. The molecule has 2 saturated carbocycles. The van der Waals surface area contributed by atoms with Crippen molar-refractivity contribution in [2.24, 2.45) is 17.8 Å². The predicted molar refractivity (Wildman–Crippen MR) is 104 cm³/mol. The SMILES string of the molecule is CCCC1CCC(C2CCC(c3ccccc3I)CC2)CC1. The molecule has 0 atom stereocenters. The highest BCUT2D eigenvalue weighted by atomic mass is 127. The van der Waals surface area contributed by atoms with Crippen LogP contribution in [0.4, 0.5) is 0 Å². The summed E-state index contributed by atoms with van der Waals surface area (Å²) >= 11 is 2.52. The summed E-state index contributed by atoms with van der Waals surface area (Å²) in [4.78, 5) is 0. The highest BCUT2D eigenvalue weighted by Gasteiger charge is 2.31. The maximum Gasteiger partial charge on any atom is 0.0165 e. The minimum atomic E-state index is 0.834. The molecule has 0 saturated heterocycles. The lowest BCUT2D eigenvalue weighted by atomic mass is 9.68. The van der Waals surface area contributed by atoms with Crippen LogP contribution in [0.25, 0.3) is 0 Å². The van der Waals surface area contributed by atoms with Crippen LogP contribution in [0.5, 0.6) is 0 Å². The average Bonchev–Trinajstić information content (AvgIpc) is 2.57. The summed E-state index contributed by atoms with van der Waals surface area (Å²) in [6.07, 6.45) is 14.8. The van der Waals surface area contributed by atoms with E-state index in [0.29, 0.717) is 0 Å². The number of benzene rings is 1. The first-order valence-corrected chi connectivity index (χ1v) is 10.6. The lowest BCUT2D eigenvalue weighted by Gasteiger charge is -2.38. The first-order valence-electron chi connectivity index (χ1n) is 9.52. The van der Waals surface area contributed by atoms with Gasteiger partial charge in [0.1, 0.15) is 0 Å². The van der Waals surface area contributed by atoms with Gasteiger partial charge in [0.15, 0.2) is 0 Å². The van der Waals surface area contributed by atoms with Gasteiger partial charge in [-0.3, -0.25) is 0 Å². The highest BCUT2D eigenvalue weighted by molar-refractivity contribution is 14.1. The molecule has 2 aliphatic carbocycles. The van der Waals surface area contributed by atoms with Gasteiger partial charge in [-0.1, -0.05) is 50.8 Å². The van der Waals surface area contributed by atoms with Gasteiger partial charge in [0.05, 0.1) is 0 Å². The smallest absolute Gasteiger partial charge is 0.0165 e. The Morgan fingerprint density at radius 1 is 0.864 bits per heavy atom. The molecule has 3 rings (SSSR count). The number of hydrogen-bond acceptors (Lipinski definition) is 0. The van der Waals surface area contributed by atoms with Gasteiger partial charge < -0.3 is 0 Å². The van der Waals surface area contributed by atoms with Crippen LogP contribution in [0.15, 0.2) is 24.3 Å². The van der Waals surface area contributed by atoms with Crippen LogP contribution in [-0.2, 0) is 0 Å². The number of halogens is 1. The van der Waals surface area contributed by atoms with Crippen LogP contribution in [0, 0.1) is 21.3 Å². The summed E-state index contributed by atoms with van der Waals surface area (Å²) in [5.41, 5.74) is 1.62. The molecule has 0 bridgehead atoms. The fraction of sp³-hybridized carbons (Fsp3) is 0.714. The molecule has 0 heterocycles. The lowest BCUT2D eigenvalue weighted by molar-refractivity contribution is 0.156. The highest BCUT2D eigenvalue weighted by Crippen LogP contribution is 2.44. The second-order valence-corrected chi connectivity index (χ2v) is 8.86. The van der Waals surface area contributed by atoms with Gasteiger partial charge in [-0.05, 0) is 96.4 Å². The van der Waals surface area contributed by atoms with E-state index in [4.69, 9.17) is 0 Å². The molecular weight excluding hydrogens is 379 g/mol. The molecule has 0 radical (unpaired) electrons. The monoisotopic (exact) mass is 410 g/mol. The van der Waals surface area contributed by atoms with Crippen molar-refractivity contribution in [3.05, 3.63) is 33.4 Å². The zero-order valence-corrected chi connectivity index (χ0v) is 16.2. The van der Waals surface area contributed by atoms with Crippen LogP contribution in [0.2, 0.25) is 0 Å². The molecule has 122 valence electrons. The normalized spacial score (nSPS) is 32.8. The molecule has 2 aliphatic rings. The van der Waals surface area contributed by atoms with E-state index in [-0.39, 0.29) is 0 Å². The molecule has 0 N–H and O–H groups in total. The summed E-state index contributed by atoms with van der Waals surface area (Å²) in [7, 11) is 0. The van der Waals surface area contributed by atoms with E-state index in [0.717, 1.165) is 23.7 Å². The van der Waals surface area contributed by atoms with E-state index >= 15 is 0 Å². The predicted octanol–water partition coefficient (Wildman–Crippen LogP) is 7.17. The third kappa shape index (κ3) is 4.07. The van der Waals surface area contributed by atoms with E-state index in [9.17, 15) is 0 Å². The maximum absolute atomic E-state index is 2.52. The van der Waals surface area contributed by atoms with Crippen molar-refractivity contribution < 1.29 is 0 Å². The molecule has 1 heteroatoms. The molecule has 0 amide bonds. The Hall–Kier alpha value is -0.0500. The van der Waals surface area contributed by atoms with Crippen LogP contribution in [0.3, 0.4) is 0 Å². The van der Waals surface area contributed by atoms with Crippen molar-refractivity contribution in [3.63, 3.8) is 0 Å². The van der Waals surface area contributed by atoms with E-state index in [1.165, 1.54) is 67.8 Å². The number of hydrogen-bond donors (Lipinski definition) is 0. The summed E-state index contributed by atoms with van der Waals surface area (Å²) < 4.78 is 1.48. The molecule has 1 aromatic rings. The second-order valence-electron chi connectivity index (χ2n) is 7.70. The molecule has 2 fully saturated rings. The first kappa shape index (κ1) is 16.8. The molecular formula is C21H31I. The molecule has 0 aliphatic heterocycles. The van der Waals surface area contributed by atoms with Crippen LogP contribution in [-0.4, -0.2) is 0 Å².